The number of hydrogen-bond donors (Lipinski definition) is 2. The quantitative estimate of drug-likeness (QED) is 0.160. The molecule has 0 saturated heterocycles. The fourth-order valence-corrected chi connectivity index (χ4v) is 5.70. The molecule has 1 aliphatic carbocycles. The molecule has 2 unspecified atom stereocenters. The van der Waals surface area contributed by atoms with E-state index in [9.17, 15) is 37.5 Å². The Morgan fingerprint density at radius 1 is 0.872 bits per heavy atom. The van der Waals surface area contributed by atoms with Crippen LogP contribution >= 0.6 is 0 Å². The third kappa shape index (κ3) is 8.38. The van der Waals surface area contributed by atoms with Crippen molar-refractivity contribution in [1.29, 1.82) is 0 Å². The highest BCUT2D eigenvalue weighted by Gasteiger charge is 2.50. The SMILES string of the molecule is CCC(C)OC(=O)C(CCOC(=O)C1CCC(NC(=O)c2ccccc2-c2ccc(C(F)(F)F)cc2)CC1)(C(=O)O)c1ccccc1. The molecule has 2 atom stereocenters. The van der Waals surface area contributed by atoms with E-state index in [1.165, 1.54) is 24.3 Å². The number of carbonyl (C=O) groups is 4. The van der Waals surface area contributed by atoms with Crippen LogP contribution in [0.4, 0.5) is 13.2 Å². The van der Waals surface area contributed by atoms with E-state index in [1.54, 1.807) is 49.4 Å². The van der Waals surface area contributed by atoms with E-state index in [-0.39, 0.29) is 30.5 Å². The van der Waals surface area contributed by atoms with Crippen LogP contribution < -0.4 is 5.32 Å². The van der Waals surface area contributed by atoms with Crippen molar-refractivity contribution in [3.63, 3.8) is 0 Å². The Hall–Kier alpha value is -4.67. The number of ether oxygens (including phenoxy) is 2. The van der Waals surface area contributed by atoms with E-state index in [0.717, 1.165) is 12.1 Å². The summed E-state index contributed by atoms with van der Waals surface area (Å²) in [6, 6.07) is 19.1. The van der Waals surface area contributed by atoms with Gasteiger partial charge in [0.05, 0.1) is 24.2 Å². The van der Waals surface area contributed by atoms with Crippen LogP contribution in [-0.4, -0.2) is 47.7 Å². The molecule has 1 saturated carbocycles. The number of benzene rings is 3. The van der Waals surface area contributed by atoms with Gasteiger partial charge < -0.3 is 19.9 Å². The lowest BCUT2D eigenvalue weighted by Gasteiger charge is -2.30. The second-order valence-electron chi connectivity index (χ2n) is 11.8. The first kappa shape index (κ1) is 35.2. The zero-order chi connectivity index (χ0) is 34.2. The third-order valence-electron chi connectivity index (χ3n) is 8.68. The maximum absolute atomic E-state index is 13.2. The van der Waals surface area contributed by atoms with Crippen LogP contribution in [0, 0.1) is 5.92 Å². The lowest BCUT2D eigenvalue weighted by molar-refractivity contribution is -0.168. The van der Waals surface area contributed by atoms with Gasteiger partial charge in [0.1, 0.15) is 0 Å². The number of carboxylic acid groups (broad SMARTS) is 1. The average molecular weight is 654 g/mol. The van der Waals surface area contributed by atoms with Gasteiger partial charge in [-0.3, -0.25) is 19.2 Å². The fourth-order valence-electron chi connectivity index (χ4n) is 5.70. The van der Waals surface area contributed by atoms with Gasteiger partial charge in [-0.05, 0) is 73.9 Å². The number of carbonyl (C=O) groups excluding carboxylic acids is 3. The van der Waals surface area contributed by atoms with Crippen molar-refractivity contribution in [2.45, 2.75) is 76.1 Å². The highest BCUT2D eigenvalue weighted by Crippen LogP contribution is 2.34. The van der Waals surface area contributed by atoms with Crippen molar-refractivity contribution in [2.24, 2.45) is 5.92 Å². The number of hydrogen-bond acceptors (Lipinski definition) is 6. The molecule has 0 aliphatic heterocycles. The minimum absolute atomic E-state index is 0.230. The Morgan fingerprint density at radius 2 is 1.49 bits per heavy atom. The molecule has 1 fully saturated rings. The van der Waals surface area contributed by atoms with Crippen LogP contribution in [-0.2, 0) is 35.4 Å². The molecule has 2 N–H and O–H groups in total. The highest BCUT2D eigenvalue weighted by atomic mass is 19.4. The summed E-state index contributed by atoms with van der Waals surface area (Å²) in [5, 5.41) is 13.2. The fraction of sp³-hybridized carbons (Fsp3) is 0.389. The maximum atomic E-state index is 13.2. The summed E-state index contributed by atoms with van der Waals surface area (Å²) in [6.07, 6.45) is -2.96. The summed E-state index contributed by atoms with van der Waals surface area (Å²) in [4.78, 5) is 52.0. The molecule has 0 aromatic heterocycles. The van der Waals surface area contributed by atoms with Crippen molar-refractivity contribution in [3.8, 4) is 11.1 Å². The zero-order valence-electron chi connectivity index (χ0n) is 26.2. The lowest BCUT2D eigenvalue weighted by atomic mass is 9.77. The van der Waals surface area contributed by atoms with E-state index in [1.807, 2.05) is 6.92 Å². The molecule has 3 aromatic carbocycles. The van der Waals surface area contributed by atoms with Crippen molar-refractivity contribution in [1.82, 2.24) is 5.32 Å². The molecule has 11 heteroatoms. The van der Waals surface area contributed by atoms with Crippen LogP contribution in [0.15, 0.2) is 78.9 Å². The Balaban J connectivity index is 1.34. The summed E-state index contributed by atoms with van der Waals surface area (Å²) in [7, 11) is 0. The van der Waals surface area contributed by atoms with Gasteiger partial charge in [-0.25, -0.2) is 0 Å². The molecule has 0 bridgehead atoms. The standard InChI is InChI=1S/C36H38F3NO7/c1-3-23(2)47-34(45)35(33(43)44,26-9-5-4-6-10-26)21-22-46-32(42)25-15-19-28(20-16-25)40-31(41)30-12-8-7-11-29(30)24-13-17-27(18-14-24)36(37,38)39/h4-14,17-18,23,25,28H,3,15-16,19-22H2,1-2H3,(H,40,41)(H,43,44). The van der Waals surface area contributed by atoms with E-state index in [0.29, 0.717) is 48.8 Å². The number of rotatable bonds is 12. The Bertz CT molecular complexity index is 1550. The molecule has 0 heterocycles. The summed E-state index contributed by atoms with van der Waals surface area (Å²) in [6.45, 7) is 3.17. The largest absolute Gasteiger partial charge is 0.480 e. The smallest absolute Gasteiger partial charge is 0.416 e. The topological polar surface area (TPSA) is 119 Å². The summed E-state index contributed by atoms with van der Waals surface area (Å²) < 4.78 is 50.0. The highest BCUT2D eigenvalue weighted by molar-refractivity contribution is 6.05. The second kappa shape index (κ2) is 15.3. The van der Waals surface area contributed by atoms with Gasteiger partial charge in [0.15, 0.2) is 5.41 Å². The zero-order valence-corrected chi connectivity index (χ0v) is 26.2. The van der Waals surface area contributed by atoms with E-state index >= 15 is 0 Å². The van der Waals surface area contributed by atoms with Crippen LogP contribution in [0.1, 0.15) is 73.9 Å². The van der Waals surface area contributed by atoms with Crippen molar-refractivity contribution < 1.29 is 46.9 Å². The molecule has 250 valence electrons. The van der Waals surface area contributed by atoms with Gasteiger partial charge in [-0.1, -0.05) is 67.6 Å². The summed E-state index contributed by atoms with van der Waals surface area (Å²) >= 11 is 0. The average Bonchev–Trinajstić information content (AvgIpc) is 3.06. The predicted octanol–water partition coefficient (Wildman–Crippen LogP) is 6.96. The van der Waals surface area contributed by atoms with Gasteiger partial charge in [0.2, 0.25) is 0 Å². The van der Waals surface area contributed by atoms with Crippen LogP contribution in [0.3, 0.4) is 0 Å². The van der Waals surface area contributed by atoms with Gasteiger partial charge in [0.25, 0.3) is 5.91 Å². The number of esters is 2. The van der Waals surface area contributed by atoms with Crippen molar-refractivity contribution in [2.75, 3.05) is 6.61 Å². The minimum Gasteiger partial charge on any atom is -0.480 e. The molecule has 1 aliphatic rings. The van der Waals surface area contributed by atoms with Crippen LogP contribution in [0.5, 0.6) is 0 Å². The first-order chi connectivity index (χ1) is 22.4. The second-order valence-corrected chi connectivity index (χ2v) is 11.8. The minimum atomic E-state index is -4.47. The van der Waals surface area contributed by atoms with E-state index < -0.39 is 47.1 Å². The third-order valence-corrected chi connectivity index (χ3v) is 8.68. The molecule has 0 spiro atoms. The Morgan fingerprint density at radius 3 is 2.09 bits per heavy atom. The molecule has 4 rings (SSSR count). The van der Waals surface area contributed by atoms with E-state index in [2.05, 4.69) is 5.32 Å². The number of aliphatic carboxylic acids is 1. The van der Waals surface area contributed by atoms with Crippen molar-refractivity contribution in [3.05, 3.63) is 95.6 Å². The molecule has 47 heavy (non-hydrogen) atoms. The maximum Gasteiger partial charge on any atom is 0.416 e. The molecular formula is C36H38F3NO7. The Kier molecular flexibility index (Phi) is 11.4. The number of nitrogens with one attached hydrogen (secondary N) is 1. The molecule has 0 radical (unpaired) electrons. The van der Waals surface area contributed by atoms with Gasteiger partial charge in [0, 0.05) is 18.0 Å². The normalized spacial score (nSPS) is 18.3. The monoisotopic (exact) mass is 653 g/mol. The number of halogens is 3. The van der Waals surface area contributed by atoms with Gasteiger partial charge in [-0.2, -0.15) is 13.2 Å². The van der Waals surface area contributed by atoms with E-state index in [4.69, 9.17) is 9.47 Å². The summed E-state index contributed by atoms with van der Waals surface area (Å²) in [5.74, 6) is -3.67. The molecular weight excluding hydrogens is 615 g/mol. The number of alkyl halides is 3. The first-order valence-corrected chi connectivity index (χ1v) is 15.6. The van der Waals surface area contributed by atoms with Crippen molar-refractivity contribution >= 4 is 23.8 Å². The molecule has 3 aromatic rings. The first-order valence-electron chi connectivity index (χ1n) is 15.6. The van der Waals surface area contributed by atoms with Crippen LogP contribution in [0.2, 0.25) is 0 Å². The molecule has 8 nitrogen and oxygen atoms in total. The van der Waals surface area contributed by atoms with Gasteiger partial charge in [-0.15, -0.1) is 0 Å². The molecule has 1 amide bonds. The Labute approximate surface area is 271 Å². The van der Waals surface area contributed by atoms with Crippen LogP contribution in [0.25, 0.3) is 11.1 Å². The lowest BCUT2D eigenvalue weighted by Crippen LogP contribution is -2.47. The predicted molar refractivity (Wildman–Crippen MR) is 167 cm³/mol. The van der Waals surface area contributed by atoms with Gasteiger partial charge >= 0.3 is 24.1 Å². The number of amides is 1. The summed E-state index contributed by atoms with van der Waals surface area (Å²) in [5.41, 5.74) is -1.31. The number of carboxylic acids is 1.